The molecule has 5 heteroatoms. The van der Waals surface area contributed by atoms with Crippen LogP contribution >= 0.6 is 15.9 Å². The van der Waals surface area contributed by atoms with Gasteiger partial charge in [0.2, 0.25) is 0 Å². The average molecular weight is 272 g/mol. The van der Waals surface area contributed by atoms with Gasteiger partial charge in [-0.05, 0) is 29.3 Å². The molecule has 15 heavy (non-hydrogen) atoms. The Bertz CT molecular complexity index is 338. The van der Waals surface area contributed by atoms with Gasteiger partial charge in [-0.3, -0.25) is 0 Å². The Morgan fingerprint density at radius 1 is 1.53 bits per heavy atom. The maximum Gasteiger partial charge on any atom is 0.133 e. The summed E-state index contributed by atoms with van der Waals surface area (Å²) in [6.45, 7) is 3.82. The summed E-state index contributed by atoms with van der Waals surface area (Å²) in [7, 11) is 1.76. The maximum absolute atomic E-state index is 5.33. The molecule has 1 saturated heterocycles. The van der Waals surface area contributed by atoms with Crippen molar-refractivity contribution < 1.29 is 4.74 Å². The summed E-state index contributed by atoms with van der Waals surface area (Å²) >= 11 is 3.38. The molecule has 2 rings (SSSR count). The third kappa shape index (κ3) is 2.46. The minimum atomic E-state index is 0.332. The van der Waals surface area contributed by atoms with Gasteiger partial charge in [0, 0.05) is 26.3 Å². The van der Waals surface area contributed by atoms with E-state index < -0.39 is 0 Å². The number of rotatable bonds is 2. The SMILES string of the molecule is COC1CCN(c2cc(Br)nc(C)n2)C1. The van der Waals surface area contributed by atoms with E-state index in [1.807, 2.05) is 13.0 Å². The van der Waals surface area contributed by atoms with Crippen LogP contribution in [0.2, 0.25) is 0 Å². The molecule has 0 saturated carbocycles. The molecule has 0 N–H and O–H groups in total. The molecule has 0 bridgehead atoms. The standard InChI is InChI=1S/C10H14BrN3O/c1-7-12-9(11)5-10(13-7)14-4-3-8(6-14)15-2/h5,8H,3-4,6H2,1-2H3. The van der Waals surface area contributed by atoms with Gasteiger partial charge < -0.3 is 9.64 Å². The molecule has 0 spiro atoms. The maximum atomic E-state index is 5.33. The van der Waals surface area contributed by atoms with Crippen LogP contribution in [0.3, 0.4) is 0 Å². The van der Waals surface area contributed by atoms with Crippen molar-refractivity contribution in [2.24, 2.45) is 0 Å². The highest BCUT2D eigenvalue weighted by molar-refractivity contribution is 9.10. The van der Waals surface area contributed by atoms with E-state index in [4.69, 9.17) is 4.74 Å². The van der Waals surface area contributed by atoms with Crippen LogP contribution < -0.4 is 4.90 Å². The molecule has 0 aromatic carbocycles. The first kappa shape index (κ1) is 10.8. The molecule has 1 aliphatic rings. The van der Waals surface area contributed by atoms with E-state index in [1.165, 1.54) is 0 Å². The van der Waals surface area contributed by atoms with Crippen LogP contribution in [-0.4, -0.2) is 36.3 Å². The van der Waals surface area contributed by atoms with Crippen LogP contribution in [0.4, 0.5) is 5.82 Å². The highest BCUT2D eigenvalue weighted by Crippen LogP contribution is 2.21. The highest BCUT2D eigenvalue weighted by Gasteiger charge is 2.23. The molecule has 2 heterocycles. The topological polar surface area (TPSA) is 38.2 Å². The fourth-order valence-electron chi connectivity index (χ4n) is 1.81. The first-order chi connectivity index (χ1) is 7.19. The van der Waals surface area contributed by atoms with E-state index in [2.05, 4.69) is 30.8 Å². The lowest BCUT2D eigenvalue weighted by Crippen LogP contribution is -2.23. The van der Waals surface area contributed by atoms with E-state index in [9.17, 15) is 0 Å². The van der Waals surface area contributed by atoms with Gasteiger partial charge in [0.25, 0.3) is 0 Å². The second kappa shape index (κ2) is 4.45. The van der Waals surface area contributed by atoms with Gasteiger partial charge in [0.15, 0.2) is 0 Å². The Balaban J connectivity index is 2.16. The molecule has 1 unspecified atom stereocenters. The Hall–Kier alpha value is -0.680. The van der Waals surface area contributed by atoms with E-state index in [1.54, 1.807) is 7.11 Å². The predicted octanol–water partition coefficient (Wildman–Crippen LogP) is 1.77. The summed E-state index contributed by atoms with van der Waals surface area (Å²) < 4.78 is 6.17. The molecule has 0 aliphatic carbocycles. The molecule has 1 aliphatic heterocycles. The Morgan fingerprint density at radius 2 is 2.33 bits per heavy atom. The molecule has 4 nitrogen and oxygen atoms in total. The molecule has 1 fully saturated rings. The van der Waals surface area contributed by atoms with Crippen LogP contribution in [0.15, 0.2) is 10.7 Å². The van der Waals surface area contributed by atoms with Crippen LogP contribution in [0, 0.1) is 6.92 Å². The van der Waals surface area contributed by atoms with E-state index in [-0.39, 0.29) is 0 Å². The minimum absolute atomic E-state index is 0.332. The van der Waals surface area contributed by atoms with Crippen molar-refractivity contribution >= 4 is 21.7 Å². The van der Waals surface area contributed by atoms with Gasteiger partial charge >= 0.3 is 0 Å². The van der Waals surface area contributed by atoms with Crippen molar-refractivity contribution in [3.8, 4) is 0 Å². The van der Waals surface area contributed by atoms with Gasteiger partial charge in [0.1, 0.15) is 16.2 Å². The van der Waals surface area contributed by atoms with Crippen molar-refractivity contribution in [1.29, 1.82) is 0 Å². The zero-order chi connectivity index (χ0) is 10.8. The van der Waals surface area contributed by atoms with E-state index >= 15 is 0 Å². The van der Waals surface area contributed by atoms with E-state index in [0.29, 0.717) is 6.10 Å². The number of halogens is 1. The molecule has 0 radical (unpaired) electrons. The summed E-state index contributed by atoms with van der Waals surface area (Å²) in [5.41, 5.74) is 0. The van der Waals surface area contributed by atoms with E-state index in [0.717, 1.165) is 35.8 Å². The first-order valence-corrected chi connectivity index (χ1v) is 5.77. The second-order valence-electron chi connectivity index (χ2n) is 3.69. The molecular weight excluding hydrogens is 258 g/mol. The first-order valence-electron chi connectivity index (χ1n) is 4.98. The van der Waals surface area contributed by atoms with Crippen LogP contribution in [0.5, 0.6) is 0 Å². The van der Waals surface area contributed by atoms with Crippen molar-refractivity contribution in [2.45, 2.75) is 19.4 Å². The Labute approximate surface area is 97.8 Å². The summed E-state index contributed by atoms with van der Waals surface area (Å²) in [5.74, 6) is 1.77. The Kier molecular flexibility index (Phi) is 3.21. The van der Waals surface area contributed by atoms with Gasteiger partial charge in [0.05, 0.1) is 6.10 Å². The minimum Gasteiger partial charge on any atom is -0.380 e. The average Bonchev–Trinajstić information content (AvgIpc) is 2.64. The summed E-state index contributed by atoms with van der Waals surface area (Å²) in [6, 6.07) is 1.95. The van der Waals surface area contributed by atoms with Crippen molar-refractivity contribution in [1.82, 2.24) is 9.97 Å². The van der Waals surface area contributed by atoms with Gasteiger partial charge in [-0.2, -0.15) is 0 Å². The quantitative estimate of drug-likeness (QED) is 0.769. The van der Waals surface area contributed by atoms with Crippen LogP contribution in [0.1, 0.15) is 12.2 Å². The molecule has 0 amide bonds. The molecule has 1 aromatic heterocycles. The number of nitrogens with zero attached hydrogens (tertiary/aromatic N) is 3. The Morgan fingerprint density at radius 3 is 2.93 bits per heavy atom. The number of methoxy groups -OCH3 is 1. The smallest absolute Gasteiger partial charge is 0.133 e. The summed E-state index contributed by atoms with van der Waals surface area (Å²) in [5, 5.41) is 0. The second-order valence-corrected chi connectivity index (χ2v) is 4.50. The zero-order valence-corrected chi connectivity index (χ0v) is 10.5. The lowest BCUT2D eigenvalue weighted by Gasteiger charge is -2.17. The van der Waals surface area contributed by atoms with Crippen molar-refractivity contribution in [3.05, 3.63) is 16.5 Å². The largest absolute Gasteiger partial charge is 0.380 e. The fourth-order valence-corrected chi connectivity index (χ4v) is 2.27. The van der Waals surface area contributed by atoms with Crippen LogP contribution in [0.25, 0.3) is 0 Å². The number of ether oxygens (including phenoxy) is 1. The van der Waals surface area contributed by atoms with Gasteiger partial charge in [-0.25, -0.2) is 9.97 Å². The number of aryl methyl sites for hydroxylation is 1. The molecule has 82 valence electrons. The van der Waals surface area contributed by atoms with Gasteiger partial charge in [-0.1, -0.05) is 0 Å². The molecule has 1 atom stereocenters. The normalized spacial score (nSPS) is 21.0. The number of anilines is 1. The number of hydrogen-bond donors (Lipinski definition) is 0. The lowest BCUT2D eigenvalue weighted by molar-refractivity contribution is 0.121. The zero-order valence-electron chi connectivity index (χ0n) is 8.90. The lowest BCUT2D eigenvalue weighted by atomic mass is 10.3. The van der Waals surface area contributed by atoms with Crippen LogP contribution in [-0.2, 0) is 4.74 Å². The predicted molar refractivity (Wildman–Crippen MR) is 62.1 cm³/mol. The molecule has 1 aromatic rings. The van der Waals surface area contributed by atoms with Crippen molar-refractivity contribution in [2.75, 3.05) is 25.1 Å². The van der Waals surface area contributed by atoms with Gasteiger partial charge in [-0.15, -0.1) is 0 Å². The van der Waals surface area contributed by atoms with Crippen molar-refractivity contribution in [3.63, 3.8) is 0 Å². The third-order valence-corrected chi connectivity index (χ3v) is 3.00. The summed E-state index contributed by atoms with van der Waals surface area (Å²) in [6.07, 6.45) is 1.40. The third-order valence-electron chi connectivity index (χ3n) is 2.60. The highest BCUT2D eigenvalue weighted by atomic mass is 79.9. The number of aromatic nitrogens is 2. The summed E-state index contributed by atoms with van der Waals surface area (Å²) in [4.78, 5) is 10.8. The fraction of sp³-hybridized carbons (Fsp3) is 0.600. The number of hydrogen-bond acceptors (Lipinski definition) is 4. The monoisotopic (exact) mass is 271 g/mol. The molecular formula is C10H14BrN3O.